The van der Waals surface area contributed by atoms with Crippen LogP contribution in [0.2, 0.25) is 10.0 Å². The first kappa shape index (κ1) is 28.8. The lowest BCUT2D eigenvalue weighted by molar-refractivity contribution is 0.412. The van der Waals surface area contributed by atoms with Gasteiger partial charge in [-0.2, -0.15) is 0 Å². The van der Waals surface area contributed by atoms with Crippen molar-refractivity contribution in [2.45, 2.75) is 45.7 Å². The number of nitrogens with one attached hydrogen (secondary N) is 1. The molecule has 0 amide bonds. The molecule has 2 saturated heterocycles. The fraction of sp³-hybridized carbons (Fsp3) is 0.333. The molecule has 218 valence electrons. The van der Waals surface area contributed by atoms with Gasteiger partial charge in [-0.05, 0) is 105 Å². The minimum Gasteiger partial charge on any atom is -0.495 e. The monoisotopic (exact) mass is 619 g/mol. The Morgan fingerprint density at radius 2 is 1.76 bits per heavy atom. The number of anilines is 2. The molecule has 0 unspecified atom stereocenters. The highest BCUT2D eigenvalue weighted by Gasteiger charge is 2.42. The number of pyridine rings is 1. The minimum atomic E-state index is -0.171. The lowest BCUT2D eigenvalue weighted by Crippen LogP contribution is -2.33. The smallest absolute Gasteiger partial charge is 0.174 e. The predicted molar refractivity (Wildman–Crippen MR) is 177 cm³/mol. The Kier molecular flexibility index (Phi) is 8.09. The first-order valence-electron chi connectivity index (χ1n) is 14.3. The topological polar surface area (TPSA) is 45.6 Å². The molecule has 0 spiro atoms. The quantitative estimate of drug-likeness (QED) is 0.219. The molecule has 9 heteroatoms. The number of piperidine rings is 1. The van der Waals surface area contributed by atoms with E-state index in [0.717, 1.165) is 69.5 Å². The van der Waals surface area contributed by atoms with Crippen molar-refractivity contribution in [3.8, 4) is 11.4 Å². The predicted octanol–water partition coefficient (Wildman–Crippen LogP) is 8.22. The second kappa shape index (κ2) is 11.8. The van der Waals surface area contributed by atoms with Crippen LogP contribution in [0.5, 0.6) is 5.75 Å². The van der Waals surface area contributed by atoms with Gasteiger partial charge in [-0.1, -0.05) is 36.2 Å². The van der Waals surface area contributed by atoms with E-state index in [0.29, 0.717) is 10.1 Å². The second-order valence-corrected chi connectivity index (χ2v) is 12.5. The van der Waals surface area contributed by atoms with Crippen LogP contribution in [0.4, 0.5) is 11.4 Å². The summed E-state index contributed by atoms with van der Waals surface area (Å²) in [5.41, 5.74) is 7.10. The second-order valence-electron chi connectivity index (χ2n) is 11.3. The fourth-order valence-electron chi connectivity index (χ4n) is 6.40. The van der Waals surface area contributed by atoms with Gasteiger partial charge in [0.25, 0.3) is 0 Å². The van der Waals surface area contributed by atoms with Gasteiger partial charge < -0.3 is 24.4 Å². The van der Waals surface area contributed by atoms with Crippen molar-refractivity contribution in [1.82, 2.24) is 14.9 Å². The summed E-state index contributed by atoms with van der Waals surface area (Å²) < 4.78 is 7.92. The number of rotatable bonds is 6. The van der Waals surface area contributed by atoms with Gasteiger partial charge in [0.2, 0.25) is 0 Å². The Labute approximate surface area is 263 Å². The van der Waals surface area contributed by atoms with E-state index in [4.69, 9.17) is 45.1 Å². The standard InChI is InChI=1S/C33H35Cl2N5OS/c1-20-12-15-38(16-13-20)28-10-9-24(19-26(28)35)40-32(31(37-33(40)42)27-7-5-6-14-36-27)25-17-21(2)39(22(25)3)29-18-23(34)8-11-30(29)41-4/h5-11,14,17-20,31-32H,12-13,15-16H2,1-4H3,(H,37,42)/t31-,32-/m1/s1. The Morgan fingerprint density at radius 3 is 2.45 bits per heavy atom. The molecule has 2 aliphatic rings. The van der Waals surface area contributed by atoms with E-state index < -0.39 is 0 Å². The minimum absolute atomic E-state index is 0.170. The Hall–Kier alpha value is -3.26. The third-order valence-electron chi connectivity index (χ3n) is 8.60. The maximum absolute atomic E-state index is 6.99. The summed E-state index contributed by atoms with van der Waals surface area (Å²) in [6.07, 6.45) is 4.18. The third kappa shape index (κ3) is 5.23. The molecule has 4 heterocycles. The summed E-state index contributed by atoms with van der Waals surface area (Å²) in [7, 11) is 1.68. The van der Waals surface area contributed by atoms with E-state index in [9.17, 15) is 0 Å². The van der Waals surface area contributed by atoms with Gasteiger partial charge in [0.15, 0.2) is 5.11 Å². The van der Waals surface area contributed by atoms with Crippen molar-refractivity contribution in [2.24, 2.45) is 5.92 Å². The van der Waals surface area contributed by atoms with Crippen molar-refractivity contribution in [3.63, 3.8) is 0 Å². The van der Waals surface area contributed by atoms with Crippen LogP contribution in [0.25, 0.3) is 5.69 Å². The van der Waals surface area contributed by atoms with Crippen LogP contribution in [0.15, 0.2) is 66.9 Å². The van der Waals surface area contributed by atoms with Crippen molar-refractivity contribution < 1.29 is 4.74 Å². The fourth-order valence-corrected chi connectivity index (χ4v) is 7.20. The zero-order valence-corrected chi connectivity index (χ0v) is 26.6. The van der Waals surface area contributed by atoms with Crippen LogP contribution in [0, 0.1) is 19.8 Å². The summed E-state index contributed by atoms with van der Waals surface area (Å²) in [4.78, 5) is 9.31. The molecule has 2 aromatic heterocycles. The molecule has 2 atom stereocenters. The number of hydrogen-bond acceptors (Lipinski definition) is 4. The number of aromatic nitrogens is 2. The average molecular weight is 621 g/mol. The lowest BCUT2D eigenvalue weighted by atomic mass is 9.96. The maximum Gasteiger partial charge on any atom is 0.174 e. The number of aryl methyl sites for hydroxylation is 1. The van der Waals surface area contributed by atoms with Gasteiger partial charge in [0.1, 0.15) is 5.75 Å². The molecule has 0 saturated carbocycles. The molecule has 0 radical (unpaired) electrons. The van der Waals surface area contributed by atoms with Crippen molar-refractivity contribution in [1.29, 1.82) is 0 Å². The molecular formula is C33H35Cl2N5OS. The molecule has 0 bridgehead atoms. The molecule has 1 N–H and O–H groups in total. The van der Waals surface area contributed by atoms with Crippen molar-refractivity contribution >= 4 is 51.9 Å². The lowest BCUT2D eigenvalue weighted by Gasteiger charge is -2.33. The number of benzene rings is 2. The van der Waals surface area contributed by atoms with Crippen molar-refractivity contribution in [2.75, 3.05) is 30.0 Å². The molecule has 2 fully saturated rings. The number of halogens is 2. The molecule has 2 aromatic carbocycles. The highest BCUT2D eigenvalue weighted by atomic mass is 35.5. The molecule has 2 aliphatic heterocycles. The summed E-state index contributed by atoms with van der Waals surface area (Å²) in [5.74, 6) is 1.50. The first-order valence-corrected chi connectivity index (χ1v) is 15.5. The van der Waals surface area contributed by atoms with Crippen LogP contribution in [-0.2, 0) is 0 Å². The zero-order valence-electron chi connectivity index (χ0n) is 24.3. The summed E-state index contributed by atoms with van der Waals surface area (Å²) in [6, 6.07) is 19.9. The van der Waals surface area contributed by atoms with Crippen LogP contribution in [0.3, 0.4) is 0 Å². The van der Waals surface area contributed by atoms with Crippen molar-refractivity contribution in [3.05, 3.63) is 99.6 Å². The largest absolute Gasteiger partial charge is 0.495 e. The van der Waals surface area contributed by atoms with Gasteiger partial charge in [-0.3, -0.25) is 4.98 Å². The molecule has 4 aromatic rings. The number of thiocarbonyl (C=S) groups is 1. The number of nitrogens with zero attached hydrogens (tertiary/aromatic N) is 4. The van der Waals surface area contributed by atoms with Crippen LogP contribution >= 0.6 is 35.4 Å². The molecule has 42 heavy (non-hydrogen) atoms. The van der Waals surface area contributed by atoms with E-state index >= 15 is 0 Å². The van der Waals surface area contributed by atoms with Crippen LogP contribution in [0.1, 0.15) is 54.5 Å². The third-order valence-corrected chi connectivity index (χ3v) is 9.45. The highest BCUT2D eigenvalue weighted by Crippen LogP contribution is 2.45. The Bertz CT molecular complexity index is 1620. The molecular weight excluding hydrogens is 585 g/mol. The van der Waals surface area contributed by atoms with Gasteiger partial charge in [-0.25, -0.2) is 0 Å². The molecule has 0 aliphatic carbocycles. The SMILES string of the molecule is COc1ccc(Cl)cc1-n1c(C)cc([C@@H]2[C@@H](c3ccccn3)NC(=S)N2c2ccc(N3CCC(C)CC3)c(Cl)c2)c1C. The normalized spacial score (nSPS) is 19.3. The van der Waals surface area contributed by atoms with Gasteiger partial charge >= 0.3 is 0 Å². The van der Waals surface area contributed by atoms with E-state index in [2.05, 4.69) is 64.7 Å². The van der Waals surface area contributed by atoms with Gasteiger partial charge in [-0.15, -0.1) is 0 Å². The van der Waals surface area contributed by atoms with Gasteiger partial charge in [0.05, 0.1) is 41.3 Å². The average Bonchev–Trinajstić information content (AvgIpc) is 3.48. The van der Waals surface area contributed by atoms with E-state index in [-0.39, 0.29) is 12.1 Å². The first-order chi connectivity index (χ1) is 20.3. The number of ether oxygens (including phenoxy) is 1. The number of hydrogen-bond donors (Lipinski definition) is 1. The summed E-state index contributed by atoms with van der Waals surface area (Å²) >= 11 is 19.4. The summed E-state index contributed by atoms with van der Waals surface area (Å²) in [6.45, 7) is 8.59. The van der Waals surface area contributed by atoms with E-state index in [1.807, 2.05) is 42.6 Å². The van der Waals surface area contributed by atoms with Crippen LogP contribution in [-0.4, -0.2) is 34.9 Å². The molecule has 6 nitrogen and oxygen atoms in total. The van der Waals surface area contributed by atoms with E-state index in [1.54, 1.807) is 7.11 Å². The summed E-state index contributed by atoms with van der Waals surface area (Å²) in [5, 5.41) is 5.60. The Morgan fingerprint density at radius 1 is 0.976 bits per heavy atom. The number of methoxy groups -OCH3 is 1. The zero-order chi connectivity index (χ0) is 29.5. The highest BCUT2D eigenvalue weighted by molar-refractivity contribution is 7.80. The molecule has 6 rings (SSSR count). The van der Waals surface area contributed by atoms with E-state index in [1.165, 1.54) is 12.8 Å². The van der Waals surface area contributed by atoms with Crippen LogP contribution < -0.4 is 19.9 Å². The van der Waals surface area contributed by atoms with Gasteiger partial charge in [0, 0.05) is 41.4 Å². The Balaban J connectivity index is 1.46. The maximum atomic E-state index is 6.99.